The van der Waals surface area contributed by atoms with E-state index in [-0.39, 0.29) is 23.7 Å². The van der Waals surface area contributed by atoms with Gasteiger partial charge in [-0.15, -0.1) is 0 Å². The fourth-order valence-electron chi connectivity index (χ4n) is 5.42. The van der Waals surface area contributed by atoms with Crippen LogP contribution in [0.4, 0.5) is 0 Å². The second-order valence-electron chi connectivity index (χ2n) is 9.83. The van der Waals surface area contributed by atoms with Crippen LogP contribution in [-0.2, 0) is 25.7 Å². The third-order valence-electron chi connectivity index (χ3n) is 7.25. The molecule has 7 heteroatoms. The summed E-state index contributed by atoms with van der Waals surface area (Å²) >= 11 is 1.05. The Morgan fingerprint density at radius 3 is 2.59 bits per heavy atom. The molecule has 6 nitrogen and oxygen atoms in total. The van der Waals surface area contributed by atoms with E-state index in [4.69, 9.17) is 14.2 Å². The number of carbonyl (C=O) groups is 2. The number of benzene rings is 1. The van der Waals surface area contributed by atoms with E-state index in [0.717, 1.165) is 41.5 Å². The van der Waals surface area contributed by atoms with Gasteiger partial charge in [-0.1, -0.05) is 56.3 Å². The summed E-state index contributed by atoms with van der Waals surface area (Å²) in [5.74, 6) is -0.619. The number of carbonyl (C=O) groups excluding carboxylic acids is 2. The van der Waals surface area contributed by atoms with Crippen molar-refractivity contribution in [2.75, 3.05) is 19.5 Å². The van der Waals surface area contributed by atoms with Gasteiger partial charge in [-0.25, -0.2) is 0 Å². The number of methoxy groups -OCH3 is 1. The Bertz CT molecular complexity index is 923. The van der Waals surface area contributed by atoms with Gasteiger partial charge in [-0.2, -0.15) is 0 Å². The lowest BCUT2D eigenvalue weighted by molar-refractivity contribution is -0.299. The number of cyclic esters (lactones) is 1. The van der Waals surface area contributed by atoms with Crippen LogP contribution in [0, 0.1) is 16.7 Å². The molecule has 2 fully saturated rings. The molecule has 4 atom stereocenters. The predicted octanol–water partition coefficient (Wildman–Crippen LogP) is 3.90. The number of ether oxygens (including phenoxy) is 3. The highest BCUT2D eigenvalue weighted by molar-refractivity contribution is 8.13. The molecule has 1 aromatic carbocycles. The smallest absolute Gasteiger partial charge is 0.320 e. The number of thioether (sulfide) groups is 1. The van der Waals surface area contributed by atoms with Crippen molar-refractivity contribution in [2.45, 2.75) is 58.3 Å². The first-order valence-electron chi connectivity index (χ1n) is 11.2. The van der Waals surface area contributed by atoms with E-state index in [1.807, 2.05) is 31.2 Å². The second-order valence-corrected chi connectivity index (χ2v) is 11.1. The van der Waals surface area contributed by atoms with Gasteiger partial charge < -0.3 is 19.3 Å². The molecule has 1 saturated carbocycles. The van der Waals surface area contributed by atoms with Gasteiger partial charge >= 0.3 is 5.97 Å². The highest BCUT2D eigenvalue weighted by Gasteiger charge is 2.76. The van der Waals surface area contributed by atoms with Crippen molar-refractivity contribution in [2.24, 2.45) is 16.7 Å². The normalized spacial score (nSPS) is 33.0. The standard InChI is InChI=1S/C25H32O6S/c1-5-32-22(27)20-21(26)31-15-24(17-10-11-23(2,3)12-17)13-19(25(20,24)28)30-14-16-6-8-18(29-4)9-7-16/h6-10,19-20,28H,5,11-15H2,1-4H3/t19-,20?,24+,25+/m1/s1. The Morgan fingerprint density at radius 2 is 2.00 bits per heavy atom. The van der Waals surface area contributed by atoms with Crippen molar-refractivity contribution in [3.63, 3.8) is 0 Å². The molecule has 1 aromatic rings. The molecule has 174 valence electrons. The Hall–Kier alpha value is -1.83. The lowest BCUT2D eigenvalue weighted by atomic mass is 9.46. The minimum Gasteiger partial charge on any atom is -0.497 e. The molecule has 0 aromatic heterocycles. The number of allylic oxidation sites excluding steroid dienone is 1. The Kier molecular flexibility index (Phi) is 6.20. The number of esters is 1. The Morgan fingerprint density at radius 1 is 1.28 bits per heavy atom. The van der Waals surface area contributed by atoms with Crippen LogP contribution in [0.3, 0.4) is 0 Å². The van der Waals surface area contributed by atoms with E-state index < -0.39 is 29.0 Å². The van der Waals surface area contributed by atoms with Gasteiger partial charge in [0.2, 0.25) is 5.12 Å². The van der Waals surface area contributed by atoms with E-state index in [0.29, 0.717) is 12.2 Å². The average Bonchev–Trinajstić information content (AvgIpc) is 3.12. The summed E-state index contributed by atoms with van der Waals surface area (Å²) in [6, 6.07) is 7.52. The lowest BCUT2D eigenvalue weighted by Gasteiger charge is -2.64. The maximum absolute atomic E-state index is 13.0. The maximum atomic E-state index is 13.0. The van der Waals surface area contributed by atoms with Crippen LogP contribution in [0.1, 0.15) is 45.6 Å². The van der Waals surface area contributed by atoms with Crippen LogP contribution < -0.4 is 4.74 Å². The van der Waals surface area contributed by atoms with E-state index >= 15 is 0 Å². The fourth-order valence-corrected chi connectivity index (χ4v) is 6.14. The SMILES string of the molecule is CCSC(=O)C1C(=O)OC[C@]2(C3=CCC(C)(C)C3)C[C@@H](OCc3ccc(OC)cc3)[C@]12O. The van der Waals surface area contributed by atoms with E-state index in [2.05, 4.69) is 19.9 Å². The molecule has 0 amide bonds. The van der Waals surface area contributed by atoms with E-state index in [1.54, 1.807) is 7.11 Å². The molecule has 0 bridgehead atoms. The summed E-state index contributed by atoms with van der Waals surface area (Å²) in [5, 5.41) is 11.8. The van der Waals surface area contributed by atoms with Crippen LogP contribution >= 0.6 is 11.8 Å². The maximum Gasteiger partial charge on any atom is 0.320 e. The van der Waals surface area contributed by atoms with Crippen LogP contribution in [-0.4, -0.2) is 47.4 Å². The molecule has 1 heterocycles. The number of hydrogen-bond donors (Lipinski definition) is 1. The monoisotopic (exact) mass is 460 g/mol. The molecular weight excluding hydrogens is 428 g/mol. The van der Waals surface area contributed by atoms with Crippen molar-refractivity contribution in [3.05, 3.63) is 41.5 Å². The number of rotatable bonds is 7. The lowest BCUT2D eigenvalue weighted by Crippen LogP contribution is -2.78. The first kappa shape index (κ1) is 23.3. The van der Waals surface area contributed by atoms with Crippen molar-refractivity contribution >= 4 is 22.8 Å². The quantitative estimate of drug-likeness (QED) is 0.375. The Labute approximate surface area is 193 Å². The van der Waals surface area contributed by atoms with Crippen LogP contribution in [0.5, 0.6) is 5.75 Å². The molecule has 0 spiro atoms. The van der Waals surface area contributed by atoms with Crippen molar-refractivity contribution in [3.8, 4) is 5.75 Å². The van der Waals surface area contributed by atoms with Crippen LogP contribution in [0.15, 0.2) is 35.9 Å². The molecular formula is C25H32O6S. The van der Waals surface area contributed by atoms with Crippen LogP contribution in [0.25, 0.3) is 0 Å². The third-order valence-corrected chi connectivity index (χ3v) is 8.05. The first-order chi connectivity index (χ1) is 15.2. The summed E-state index contributed by atoms with van der Waals surface area (Å²) < 4.78 is 16.9. The summed E-state index contributed by atoms with van der Waals surface area (Å²) in [6.07, 6.45) is 3.76. The summed E-state index contributed by atoms with van der Waals surface area (Å²) in [5.41, 5.74) is -0.286. The summed E-state index contributed by atoms with van der Waals surface area (Å²) in [4.78, 5) is 25.8. The summed E-state index contributed by atoms with van der Waals surface area (Å²) in [7, 11) is 1.61. The first-order valence-corrected chi connectivity index (χ1v) is 12.1. The molecule has 0 radical (unpaired) electrons. The molecule has 2 aliphatic carbocycles. The highest BCUT2D eigenvalue weighted by Crippen LogP contribution is 2.65. The molecule has 1 N–H and O–H groups in total. The van der Waals surface area contributed by atoms with Gasteiger partial charge in [-0.3, -0.25) is 9.59 Å². The minimum absolute atomic E-state index is 0.0825. The molecule has 4 rings (SSSR count). The zero-order valence-corrected chi connectivity index (χ0v) is 20.0. The largest absolute Gasteiger partial charge is 0.497 e. The highest BCUT2D eigenvalue weighted by atomic mass is 32.2. The van der Waals surface area contributed by atoms with Crippen molar-refractivity contribution in [1.82, 2.24) is 0 Å². The molecule has 32 heavy (non-hydrogen) atoms. The van der Waals surface area contributed by atoms with Crippen molar-refractivity contribution < 1.29 is 28.9 Å². The zero-order valence-electron chi connectivity index (χ0n) is 19.2. The van der Waals surface area contributed by atoms with E-state index in [1.165, 1.54) is 0 Å². The second kappa shape index (κ2) is 8.50. The Balaban J connectivity index is 1.63. The average molecular weight is 461 g/mol. The molecule has 3 aliphatic rings. The third kappa shape index (κ3) is 3.68. The summed E-state index contributed by atoms with van der Waals surface area (Å²) in [6.45, 7) is 6.59. The molecule has 1 unspecified atom stereocenters. The van der Waals surface area contributed by atoms with Gasteiger partial charge in [0.25, 0.3) is 0 Å². The molecule has 1 saturated heterocycles. The predicted molar refractivity (Wildman–Crippen MR) is 122 cm³/mol. The van der Waals surface area contributed by atoms with Gasteiger partial charge in [0.15, 0.2) is 5.92 Å². The number of aliphatic hydroxyl groups is 1. The van der Waals surface area contributed by atoms with Gasteiger partial charge in [0, 0.05) is 0 Å². The van der Waals surface area contributed by atoms with Crippen LogP contribution in [0.2, 0.25) is 0 Å². The van der Waals surface area contributed by atoms with Gasteiger partial charge in [-0.05, 0) is 48.1 Å². The van der Waals surface area contributed by atoms with Gasteiger partial charge in [0.1, 0.15) is 18.0 Å². The van der Waals surface area contributed by atoms with Crippen molar-refractivity contribution in [1.29, 1.82) is 0 Å². The topological polar surface area (TPSA) is 82.1 Å². The molecule has 1 aliphatic heterocycles. The fraction of sp³-hybridized carbons (Fsp3) is 0.600. The number of fused-ring (bicyclic) bond motifs is 1. The minimum atomic E-state index is -1.61. The zero-order chi connectivity index (χ0) is 23.1. The van der Waals surface area contributed by atoms with E-state index in [9.17, 15) is 14.7 Å². The van der Waals surface area contributed by atoms with Gasteiger partial charge in [0.05, 0.1) is 25.2 Å². The number of hydrogen-bond acceptors (Lipinski definition) is 7.